The zero-order valence-corrected chi connectivity index (χ0v) is 12.1. The minimum absolute atomic E-state index is 0.0512. The standard InChI is InChI=1S/C17H18FNO2/c1-3-21-14-10-8-13(9-11-14)12(2)19-17(20)15-6-4-5-7-16(15)18/h4-12H,3H2,1-2H3,(H,19,20). The minimum Gasteiger partial charge on any atom is -0.494 e. The number of nitrogens with one attached hydrogen (secondary N) is 1. The molecule has 4 heteroatoms. The first-order valence-corrected chi connectivity index (χ1v) is 6.90. The maximum atomic E-state index is 13.6. The Balaban J connectivity index is 2.05. The van der Waals surface area contributed by atoms with Crippen molar-refractivity contribution in [3.05, 3.63) is 65.5 Å². The van der Waals surface area contributed by atoms with E-state index in [2.05, 4.69) is 5.32 Å². The average molecular weight is 287 g/mol. The van der Waals surface area contributed by atoms with Crippen LogP contribution in [0.4, 0.5) is 4.39 Å². The van der Waals surface area contributed by atoms with Gasteiger partial charge in [-0.25, -0.2) is 4.39 Å². The number of carbonyl (C=O) groups is 1. The van der Waals surface area contributed by atoms with Crippen LogP contribution >= 0.6 is 0 Å². The third kappa shape index (κ3) is 3.81. The third-order valence-electron chi connectivity index (χ3n) is 3.16. The first kappa shape index (κ1) is 15.0. The van der Waals surface area contributed by atoms with E-state index in [9.17, 15) is 9.18 Å². The lowest BCUT2D eigenvalue weighted by molar-refractivity contribution is 0.0936. The van der Waals surface area contributed by atoms with Gasteiger partial charge in [0.15, 0.2) is 0 Å². The van der Waals surface area contributed by atoms with E-state index < -0.39 is 11.7 Å². The van der Waals surface area contributed by atoms with Crippen molar-refractivity contribution in [1.82, 2.24) is 5.32 Å². The van der Waals surface area contributed by atoms with Crippen molar-refractivity contribution < 1.29 is 13.9 Å². The molecule has 2 aromatic rings. The predicted octanol–water partition coefficient (Wildman–Crippen LogP) is 3.72. The summed E-state index contributed by atoms with van der Waals surface area (Å²) in [6.07, 6.45) is 0. The molecule has 0 radical (unpaired) electrons. The molecule has 0 aliphatic heterocycles. The highest BCUT2D eigenvalue weighted by Gasteiger charge is 2.14. The van der Waals surface area contributed by atoms with Crippen LogP contribution in [-0.2, 0) is 0 Å². The second-order valence-corrected chi connectivity index (χ2v) is 4.68. The van der Waals surface area contributed by atoms with Gasteiger partial charge in [-0.1, -0.05) is 24.3 Å². The van der Waals surface area contributed by atoms with Crippen molar-refractivity contribution in [2.75, 3.05) is 6.61 Å². The van der Waals surface area contributed by atoms with Crippen molar-refractivity contribution in [3.63, 3.8) is 0 Å². The van der Waals surface area contributed by atoms with Gasteiger partial charge in [-0.3, -0.25) is 4.79 Å². The molecule has 0 saturated heterocycles. The van der Waals surface area contributed by atoms with Crippen molar-refractivity contribution >= 4 is 5.91 Å². The van der Waals surface area contributed by atoms with Crippen LogP contribution in [0.5, 0.6) is 5.75 Å². The largest absolute Gasteiger partial charge is 0.494 e. The Kier molecular flexibility index (Phi) is 4.93. The first-order valence-electron chi connectivity index (χ1n) is 6.90. The molecular weight excluding hydrogens is 269 g/mol. The van der Waals surface area contributed by atoms with E-state index in [1.807, 2.05) is 38.1 Å². The summed E-state index contributed by atoms with van der Waals surface area (Å²) in [4.78, 5) is 12.0. The van der Waals surface area contributed by atoms with Gasteiger partial charge >= 0.3 is 0 Å². The Hall–Kier alpha value is -2.36. The highest BCUT2D eigenvalue weighted by molar-refractivity contribution is 5.94. The summed E-state index contributed by atoms with van der Waals surface area (Å²) >= 11 is 0. The molecule has 0 aliphatic rings. The van der Waals surface area contributed by atoms with E-state index in [0.29, 0.717) is 6.61 Å². The van der Waals surface area contributed by atoms with E-state index in [0.717, 1.165) is 11.3 Å². The van der Waals surface area contributed by atoms with Crippen LogP contribution in [0, 0.1) is 5.82 Å². The molecule has 1 unspecified atom stereocenters. The Morgan fingerprint density at radius 1 is 1.19 bits per heavy atom. The van der Waals surface area contributed by atoms with E-state index in [1.54, 1.807) is 12.1 Å². The number of ether oxygens (including phenoxy) is 1. The molecular formula is C17H18FNO2. The Bertz CT molecular complexity index is 610. The monoisotopic (exact) mass is 287 g/mol. The normalized spacial score (nSPS) is 11.8. The van der Waals surface area contributed by atoms with Gasteiger partial charge in [-0.05, 0) is 43.7 Å². The molecule has 1 N–H and O–H groups in total. The molecule has 2 rings (SSSR count). The Morgan fingerprint density at radius 2 is 1.86 bits per heavy atom. The summed E-state index contributed by atoms with van der Waals surface area (Å²) in [5.41, 5.74) is 0.985. The SMILES string of the molecule is CCOc1ccc(C(C)NC(=O)c2ccccc2F)cc1. The Morgan fingerprint density at radius 3 is 2.48 bits per heavy atom. The fraction of sp³-hybridized carbons (Fsp3) is 0.235. The average Bonchev–Trinajstić information content (AvgIpc) is 2.48. The highest BCUT2D eigenvalue weighted by Crippen LogP contribution is 2.18. The lowest BCUT2D eigenvalue weighted by atomic mass is 10.1. The number of carbonyl (C=O) groups excluding carboxylic acids is 1. The molecule has 0 fully saturated rings. The summed E-state index contributed by atoms with van der Waals surface area (Å²) in [6.45, 7) is 4.39. The van der Waals surface area contributed by atoms with Crippen molar-refractivity contribution in [2.24, 2.45) is 0 Å². The fourth-order valence-electron chi connectivity index (χ4n) is 2.02. The quantitative estimate of drug-likeness (QED) is 0.910. The lowest BCUT2D eigenvalue weighted by Crippen LogP contribution is -2.27. The zero-order chi connectivity index (χ0) is 15.2. The Labute approximate surface area is 123 Å². The molecule has 0 spiro atoms. The topological polar surface area (TPSA) is 38.3 Å². The summed E-state index contributed by atoms with van der Waals surface area (Å²) < 4.78 is 18.9. The van der Waals surface area contributed by atoms with E-state index in [4.69, 9.17) is 4.74 Å². The predicted molar refractivity (Wildman–Crippen MR) is 79.9 cm³/mol. The van der Waals surface area contributed by atoms with Crippen molar-refractivity contribution in [1.29, 1.82) is 0 Å². The van der Waals surface area contributed by atoms with Crippen molar-refractivity contribution in [2.45, 2.75) is 19.9 Å². The molecule has 1 atom stereocenters. The molecule has 1 amide bonds. The van der Waals surface area contributed by atoms with Gasteiger partial charge in [0.25, 0.3) is 5.91 Å². The zero-order valence-electron chi connectivity index (χ0n) is 12.1. The lowest BCUT2D eigenvalue weighted by Gasteiger charge is -2.15. The highest BCUT2D eigenvalue weighted by atomic mass is 19.1. The summed E-state index contributed by atoms with van der Waals surface area (Å²) in [6, 6.07) is 13.2. The number of benzene rings is 2. The molecule has 110 valence electrons. The second kappa shape index (κ2) is 6.88. The molecule has 3 nitrogen and oxygen atoms in total. The van der Waals surface area contributed by atoms with Gasteiger partial charge in [0, 0.05) is 0 Å². The van der Waals surface area contributed by atoms with Gasteiger partial charge in [0.05, 0.1) is 18.2 Å². The van der Waals surface area contributed by atoms with Crippen LogP contribution in [0.3, 0.4) is 0 Å². The molecule has 0 aliphatic carbocycles. The smallest absolute Gasteiger partial charge is 0.254 e. The van der Waals surface area contributed by atoms with Gasteiger partial charge < -0.3 is 10.1 Å². The van der Waals surface area contributed by atoms with E-state index in [1.165, 1.54) is 12.1 Å². The van der Waals surface area contributed by atoms with Crippen LogP contribution in [0.2, 0.25) is 0 Å². The molecule has 0 bridgehead atoms. The van der Waals surface area contributed by atoms with Crippen LogP contribution in [-0.4, -0.2) is 12.5 Å². The number of amides is 1. The molecule has 21 heavy (non-hydrogen) atoms. The fourth-order valence-corrected chi connectivity index (χ4v) is 2.02. The van der Waals surface area contributed by atoms with Crippen LogP contribution in [0.15, 0.2) is 48.5 Å². The maximum absolute atomic E-state index is 13.6. The number of hydrogen-bond donors (Lipinski definition) is 1. The summed E-state index contributed by atoms with van der Waals surface area (Å²) in [7, 11) is 0. The van der Waals surface area contributed by atoms with Gasteiger partial charge in [0.2, 0.25) is 0 Å². The van der Waals surface area contributed by atoms with E-state index in [-0.39, 0.29) is 11.6 Å². The maximum Gasteiger partial charge on any atom is 0.254 e. The number of rotatable bonds is 5. The van der Waals surface area contributed by atoms with E-state index >= 15 is 0 Å². The second-order valence-electron chi connectivity index (χ2n) is 4.68. The molecule has 0 aromatic heterocycles. The van der Waals surface area contributed by atoms with Crippen molar-refractivity contribution in [3.8, 4) is 5.75 Å². The molecule has 0 heterocycles. The summed E-state index contributed by atoms with van der Waals surface area (Å²) in [5, 5.41) is 2.79. The third-order valence-corrected chi connectivity index (χ3v) is 3.16. The minimum atomic E-state index is -0.520. The van der Waals surface area contributed by atoms with Gasteiger partial charge in [0.1, 0.15) is 11.6 Å². The van der Waals surface area contributed by atoms with Crippen LogP contribution in [0.25, 0.3) is 0 Å². The number of hydrogen-bond acceptors (Lipinski definition) is 2. The molecule has 2 aromatic carbocycles. The first-order chi connectivity index (χ1) is 10.1. The summed E-state index contributed by atoms with van der Waals surface area (Å²) in [5.74, 6) is -0.155. The van der Waals surface area contributed by atoms with Gasteiger partial charge in [-0.2, -0.15) is 0 Å². The molecule has 0 saturated carbocycles. The van der Waals surface area contributed by atoms with Gasteiger partial charge in [-0.15, -0.1) is 0 Å². The van der Waals surface area contributed by atoms with Crippen LogP contribution in [0.1, 0.15) is 35.8 Å². The number of halogens is 1. The van der Waals surface area contributed by atoms with Crippen LogP contribution < -0.4 is 10.1 Å².